The van der Waals surface area contributed by atoms with E-state index in [9.17, 15) is 0 Å². The first-order valence-electron chi connectivity index (χ1n) is 3.01. The van der Waals surface area contributed by atoms with E-state index in [0.29, 0.717) is 5.70 Å². The quantitative estimate of drug-likeness (QED) is 0.380. The van der Waals surface area contributed by atoms with Gasteiger partial charge in [-0.2, -0.15) is 0 Å². The summed E-state index contributed by atoms with van der Waals surface area (Å²) in [5, 5.41) is 0. The highest BCUT2D eigenvalue weighted by atomic mass is 15.2. The molecule has 1 heterocycles. The Hall–Kier alpha value is -1.62. The van der Waals surface area contributed by atoms with Crippen LogP contribution in [0.3, 0.4) is 0 Å². The number of nitrogens with one attached hydrogen (secondary N) is 1. The lowest BCUT2D eigenvalue weighted by molar-refractivity contribution is 0.966. The standard InChI is InChI=1S/C6H9N5/c7-6(3-11-8)5-1-9-4-10-2-5/h1-4,11H,7-8H2/b6-3-. The lowest BCUT2D eigenvalue weighted by Crippen LogP contribution is -2.16. The predicted octanol–water partition coefficient (Wildman–Crippen LogP) is -0.803. The van der Waals surface area contributed by atoms with Crippen LogP contribution in [-0.2, 0) is 0 Å². The number of hydrogen-bond acceptors (Lipinski definition) is 5. The normalized spacial score (nSPS) is 11.2. The molecule has 5 N–H and O–H groups in total. The van der Waals surface area contributed by atoms with Crippen LogP contribution in [0.25, 0.3) is 5.70 Å². The molecular formula is C6H9N5. The first-order valence-corrected chi connectivity index (χ1v) is 3.01. The largest absolute Gasteiger partial charge is 0.397 e. The summed E-state index contributed by atoms with van der Waals surface area (Å²) in [5.74, 6) is 5.02. The second-order valence-electron chi connectivity index (χ2n) is 1.89. The fourth-order valence-electron chi connectivity index (χ4n) is 0.621. The average Bonchev–Trinajstić information content (AvgIpc) is 2.07. The fourth-order valence-corrected chi connectivity index (χ4v) is 0.621. The van der Waals surface area contributed by atoms with Crippen molar-refractivity contribution in [3.63, 3.8) is 0 Å². The Morgan fingerprint density at radius 2 is 2.09 bits per heavy atom. The van der Waals surface area contributed by atoms with E-state index in [0.717, 1.165) is 5.56 Å². The Morgan fingerprint density at radius 3 is 2.64 bits per heavy atom. The van der Waals surface area contributed by atoms with Crippen LogP contribution in [0.4, 0.5) is 0 Å². The second-order valence-corrected chi connectivity index (χ2v) is 1.89. The summed E-state index contributed by atoms with van der Waals surface area (Å²) in [4.78, 5) is 7.57. The molecule has 0 amide bonds. The molecule has 0 aromatic carbocycles. The molecule has 5 nitrogen and oxygen atoms in total. The van der Waals surface area contributed by atoms with Gasteiger partial charge < -0.3 is 11.2 Å². The zero-order valence-corrected chi connectivity index (χ0v) is 5.86. The molecule has 11 heavy (non-hydrogen) atoms. The van der Waals surface area contributed by atoms with E-state index in [-0.39, 0.29) is 0 Å². The highest BCUT2D eigenvalue weighted by Crippen LogP contribution is 2.01. The van der Waals surface area contributed by atoms with Crippen LogP contribution in [0.1, 0.15) is 5.56 Å². The molecule has 0 saturated heterocycles. The van der Waals surface area contributed by atoms with Crippen molar-refractivity contribution in [2.24, 2.45) is 11.6 Å². The minimum Gasteiger partial charge on any atom is -0.397 e. The van der Waals surface area contributed by atoms with E-state index >= 15 is 0 Å². The smallest absolute Gasteiger partial charge is 0.115 e. The highest BCUT2D eigenvalue weighted by molar-refractivity contribution is 5.60. The van der Waals surface area contributed by atoms with E-state index in [2.05, 4.69) is 15.4 Å². The van der Waals surface area contributed by atoms with Crippen molar-refractivity contribution in [3.8, 4) is 0 Å². The molecule has 0 aliphatic rings. The first-order chi connectivity index (χ1) is 5.34. The minimum absolute atomic E-state index is 0.508. The molecule has 0 bridgehead atoms. The van der Waals surface area contributed by atoms with Crippen LogP contribution in [0.2, 0.25) is 0 Å². The maximum absolute atomic E-state index is 5.54. The summed E-state index contributed by atoms with van der Waals surface area (Å²) in [6, 6.07) is 0. The molecule has 0 radical (unpaired) electrons. The van der Waals surface area contributed by atoms with Gasteiger partial charge in [0, 0.05) is 24.2 Å². The summed E-state index contributed by atoms with van der Waals surface area (Å²) >= 11 is 0. The zero-order chi connectivity index (χ0) is 8.10. The summed E-state index contributed by atoms with van der Waals surface area (Å²) in [5.41, 5.74) is 9.12. The first kappa shape index (κ1) is 7.49. The Balaban J connectivity index is 2.85. The SMILES string of the molecule is NN/C=C(\N)c1cncnc1. The number of hydrogen-bond donors (Lipinski definition) is 3. The minimum atomic E-state index is 0.508. The number of nitrogens with two attached hydrogens (primary N) is 2. The number of nitrogens with zero attached hydrogens (tertiary/aromatic N) is 2. The van der Waals surface area contributed by atoms with Crippen molar-refractivity contribution in [3.05, 3.63) is 30.5 Å². The van der Waals surface area contributed by atoms with Crippen LogP contribution in [0.5, 0.6) is 0 Å². The topological polar surface area (TPSA) is 89.8 Å². The van der Waals surface area contributed by atoms with E-state index in [1.54, 1.807) is 12.4 Å². The Labute approximate surface area is 64.1 Å². The van der Waals surface area contributed by atoms with Gasteiger partial charge in [-0.25, -0.2) is 9.97 Å². The van der Waals surface area contributed by atoms with Gasteiger partial charge in [-0.15, -0.1) is 0 Å². The van der Waals surface area contributed by atoms with Crippen LogP contribution < -0.4 is 17.0 Å². The monoisotopic (exact) mass is 151 g/mol. The lowest BCUT2D eigenvalue weighted by Gasteiger charge is -1.98. The third kappa shape index (κ3) is 1.91. The van der Waals surface area contributed by atoms with Gasteiger partial charge in [-0.05, 0) is 0 Å². The third-order valence-electron chi connectivity index (χ3n) is 1.13. The van der Waals surface area contributed by atoms with Crippen LogP contribution in [0, 0.1) is 0 Å². The van der Waals surface area contributed by atoms with Crippen molar-refractivity contribution < 1.29 is 0 Å². The van der Waals surface area contributed by atoms with Gasteiger partial charge in [-0.1, -0.05) is 0 Å². The van der Waals surface area contributed by atoms with Gasteiger partial charge in [0.15, 0.2) is 0 Å². The fraction of sp³-hybridized carbons (Fsp3) is 0. The molecule has 1 aromatic rings. The molecule has 0 fully saturated rings. The Kier molecular flexibility index (Phi) is 2.40. The van der Waals surface area contributed by atoms with Crippen LogP contribution in [-0.4, -0.2) is 9.97 Å². The summed E-state index contributed by atoms with van der Waals surface area (Å²) in [7, 11) is 0. The van der Waals surface area contributed by atoms with Gasteiger partial charge in [0.25, 0.3) is 0 Å². The number of hydrazine groups is 1. The average molecular weight is 151 g/mol. The van der Waals surface area contributed by atoms with Gasteiger partial charge in [-0.3, -0.25) is 5.84 Å². The summed E-state index contributed by atoms with van der Waals surface area (Å²) < 4.78 is 0. The summed E-state index contributed by atoms with van der Waals surface area (Å²) in [6.07, 6.45) is 6.12. The Morgan fingerprint density at radius 1 is 1.45 bits per heavy atom. The lowest BCUT2D eigenvalue weighted by atomic mass is 10.3. The van der Waals surface area contributed by atoms with E-state index in [1.165, 1.54) is 12.5 Å². The zero-order valence-electron chi connectivity index (χ0n) is 5.86. The Bertz CT molecular complexity index is 242. The molecule has 1 rings (SSSR count). The van der Waals surface area contributed by atoms with Gasteiger partial charge >= 0.3 is 0 Å². The third-order valence-corrected chi connectivity index (χ3v) is 1.13. The van der Waals surface area contributed by atoms with E-state index < -0.39 is 0 Å². The van der Waals surface area contributed by atoms with Crippen molar-refractivity contribution in [1.82, 2.24) is 15.4 Å². The van der Waals surface area contributed by atoms with Gasteiger partial charge in [0.2, 0.25) is 0 Å². The van der Waals surface area contributed by atoms with Gasteiger partial charge in [0.1, 0.15) is 6.33 Å². The highest BCUT2D eigenvalue weighted by Gasteiger charge is 1.93. The molecule has 0 unspecified atom stereocenters. The van der Waals surface area contributed by atoms with Crippen LogP contribution in [0.15, 0.2) is 24.9 Å². The number of aromatic nitrogens is 2. The molecule has 58 valence electrons. The molecule has 5 heteroatoms. The van der Waals surface area contributed by atoms with E-state index in [1.807, 2.05) is 0 Å². The predicted molar refractivity (Wildman–Crippen MR) is 41.5 cm³/mol. The van der Waals surface area contributed by atoms with Crippen molar-refractivity contribution >= 4 is 5.70 Å². The van der Waals surface area contributed by atoms with Crippen molar-refractivity contribution in [2.45, 2.75) is 0 Å². The molecule has 0 aliphatic heterocycles. The van der Waals surface area contributed by atoms with Gasteiger partial charge in [0.05, 0.1) is 5.70 Å². The second kappa shape index (κ2) is 3.52. The van der Waals surface area contributed by atoms with E-state index in [4.69, 9.17) is 11.6 Å². The van der Waals surface area contributed by atoms with Crippen molar-refractivity contribution in [2.75, 3.05) is 0 Å². The maximum Gasteiger partial charge on any atom is 0.115 e. The molecule has 0 spiro atoms. The molecular weight excluding hydrogens is 142 g/mol. The molecule has 1 aromatic heterocycles. The van der Waals surface area contributed by atoms with Crippen LogP contribution >= 0.6 is 0 Å². The summed E-state index contributed by atoms with van der Waals surface area (Å²) in [6.45, 7) is 0. The molecule has 0 aliphatic carbocycles. The molecule has 0 saturated carbocycles. The maximum atomic E-state index is 5.54. The number of rotatable bonds is 2. The van der Waals surface area contributed by atoms with Crippen molar-refractivity contribution in [1.29, 1.82) is 0 Å². The molecule has 0 atom stereocenters.